The highest BCUT2D eigenvalue weighted by molar-refractivity contribution is 6.19. The molecule has 15 heavy (non-hydrogen) atoms. The topological polar surface area (TPSA) is 55.8 Å². The van der Waals surface area contributed by atoms with Gasteiger partial charge in [-0.25, -0.2) is 0 Å². The predicted octanol–water partition coefficient (Wildman–Crippen LogP) is 1.29. The van der Waals surface area contributed by atoms with Crippen LogP contribution in [0.4, 0.5) is 0 Å². The summed E-state index contributed by atoms with van der Waals surface area (Å²) in [7, 11) is 0. The lowest BCUT2D eigenvalue weighted by Crippen LogP contribution is -2.37. The van der Waals surface area contributed by atoms with Crippen molar-refractivity contribution in [3.63, 3.8) is 0 Å². The molecule has 0 radical (unpaired) electrons. The number of hydrogen-bond donors (Lipinski definition) is 1. The number of aliphatic hydroxyl groups is 1. The lowest BCUT2D eigenvalue weighted by molar-refractivity contribution is -0.146. The molecule has 0 aromatic heterocycles. The van der Waals surface area contributed by atoms with E-state index in [1.807, 2.05) is 0 Å². The third-order valence-electron chi connectivity index (χ3n) is 2.52. The van der Waals surface area contributed by atoms with Gasteiger partial charge in [-0.05, 0) is 19.3 Å². The summed E-state index contributed by atoms with van der Waals surface area (Å²) in [6.07, 6.45) is 2.85. The highest BCUT2D eigenvalue weighted by Crippen LogP contribution is 2.24. The third kappa shape index (κ3) is 4.36. The molecular formula is C10H17ClO4. The molecule has 1 heterocycles. The number of rotatable bonds is 4. The molecule has 1 aliphatic rings. The van der Waals surface area contributed by atoms with Crippen molar-refractivity contribution >= 4 is 17.6 Å². The predicted molar refractivity (Wildman–Crippen MR) is 55.6 cm³/mol. The van der Waals surface area contributed by atoms with Crippen LogP contribution in [0.3, 0.4) is 0 Å². The normalized spacial score (nSPS) is 25.7. The maximum atomic E-state index is 10.7. The third-order valence-corrected chi connectivity index (χ3v) is 2.85. The molecule has 88 valence electrons. The van der Waals surface area contributed by atoms with Gasteiger partial charge in [-0.3, -0.25) is 4.79 Å². The highest BCUT2D eigenvalue weighted by Gasteiger charge is 2.30. The molecule has 1 saturated heterocycles. The van der Waals surface area contributed by atoms with Crippen LogP contribution in [0.5, 0.6) is 0 Å². The Labute approximate surface area is 94.5 Å². The standard InChI is InChI=1S/C10H17ClO4/c1-7(12)15-6-8(10(11)13)9-4-2-3-5-14-9/h8-10,13H,2-6H2,1H3. The molecule has 1 rings (SSSR count). The molecule has 1 fully saturated rings. The van der Waals surface area contributed by atoms with Crippen LogP contribution in [0.2, 0.25) is 0 Å². The van der Waals surface area contributed by atoms with Crippen molar-refractivity contribution in [3.05, 3.63) is 0 Å². The van der Waals surface area contributed by atoms with E-state index in [0.717, 1.165) is 19.3 Å². The Morgan fingerprint density at radius 1 is 1.67 bits per heavy atom. The quantitative estimate of drug-likeness (QED) is 0.590. The number of hydrogen-bond acceptors (Lipinski definition) is 4. The first-order chi connectivity index (χ1) is 7.11. The summed E-state index contributed by atoms with van der Waals surface area (Å²) in [5.41, 5.74) is -1.03. The van der Waals surface area contributed by atoms with E-state index in [1.165, 1.54) is 6.92 Å². The van der Waals surface area contributed by atoms with Crippen LogP contribution in [-0.2, 0) is 14.3 Å². The fraction of sp³-hybridized carbons (Fsp3) is 0.900. The number of carbonyl (C=O) groups is 1. The van der Waals surface area contributed by atoms with Crippen molar-refractivity contribution in [2.75, 3.05) is 13.2 Å². The summed E-state index contributed by atoms with van der Waals surface area (Å²) in [6.45, 7) is 2.13. The average Bonchev–Trinajstić information content (AvgIpc) is 2.18. The van der Waals surface area contributed by atoms with E-state index in [0.29, 0.717) is 6.61 Å². The molecule has 0 aromatic carbocycles. The molecule has 1 aliphatic heterocycles. The number of aliphatic hydroxyl groups excluding tert-OH is 1. The van der Waals surface area contributed by atoms with Crippen LogP contribution < -0.4 is 0 Å². The van der Waals surface area contributed by atoms with E-state index >= 15 is 0 Å². The van der Waals surface area contributed by atoms with Crippen LogP contribution >= 0.6 is 11.6 Å². The Balaban J connectivity index is 2.44. The van der Waals surface area contributed by atoms with Gasteiger partial charge in [0.05, 0.1) is 12.0 Å². The second kappa shape index (κ2) is 6.30. The first-order valence-electron chi connectivity index (χ1n) is 5.18. The Morgan fingerprint density at radius 2 is 2.40 bits per heavy atom. The van der Waals surface area contributed by atoms with Crippen LogP contribution in [0, 0.1) is 5.92 Å². The molecule has 5 heteroatoms. The second-order valence-electron chi connectivity index (χ2n) is 3.74. The van der Waals surface area contributed by atoms with E-state index in [9.17, 15) is 9.90 Å². The van der Waals surface area contributed by atoms with Crippen molar-refractivity contribution < 1.29 is 19.4 Å². The zero-order chi connectivity index (χ0) is 11.3. The molecule has 3 atom stereocenters. The zero-order valence-electron chi connectivity index (χ0n) is 8.82. The van der Waals surface area contributed by atoms with Crippen molar-refractivity contribution in [1.29, 1.82) is 0 Å². The number of alkyl halides is 1. The Morgan fingerprint density at radius 3 is 2.87 bits per heavy atom. The van der Waals surface area contributed by atoms with Gasteiger partial charge < -0.3 is 14.6 Å². The van der Waals surface area contributed by atoms with Gasteiger partial charge in [0.25, 0.3) is 0 Å². The van der Waals surface area contributed by atoms with E-state index < -0.39 is 5.56 Å². The minimum Gasteiger partial charge on any atom is -0.465 e. The minimum absolute atomic E-state index is 0.106. The van der Waals surface area contributed by atoms with E-state index in [2.05, 4.69) is 0 Å². The van der Waals surface area contributed by atoms with Gasteiger partial charge in [0.2, 0.25) is 0 Å². The van der Waals surface area contributed by atoms with Crippen molar-refractivity contribution in [1.82, 2.24) is 0 Å². The van der Waals surface area contributed by atoms with Gasteiger partial charge in [0.15, 0.2) is 0 Å². The molecule has 0 spiro atoms. The summed E-state index contributed by atoms with van der Waals surface area (Å²) < 4.78 is 10.4. The maximum absolute atomic E-state index is 10.7. The molecule has 0 bridgehead atoms. The SMILES string of the molecule is CC(=O)OCC(C(O)Cl)C1CCCCO1. The average molecular weight is 237 g/mol. The molecule has 0 aliphatic carbocycles. The first-order valence-corrected chi connectivity index (χ1v) is 5.62. The Kier molecular flexibility index (Phi) is 5.36. The van der Waals surface area contributed by atoms with Crippen molar-refractivity contribution in [3.8, 4) is 0 Å². The molecule has 0 saturated carbocycles. The van der Waals surface area contributed by atoms with Gasteiger partial charge in [-0.15, -0.1) is 0 Å². The summed E-state index contributed by atoms with van der Waals surface area (Å²) >= 11 is 5.64. The van der Waals surface area contributed by atoms with Crippen LogP contribution in [0.25, 0.3) is 0 Å². The number of carbonyl (C=O) groups excluding carboxylic acids is 1. The first kappa shape index (κ1) is 12.7. The monoisotopic (exact) mass is 236 g/mol. The molecule has 0 amide bonds. The zero-order valence-corrected chi connectivity index (χ0v) is 9.57. The van der Waals surface area contributed by atoms with Gasteiger partial charge in [-0.1, -0.05) is 11.6 Å². The molecular weight excluding hydrogens is 220 g/mol. The Bertz CT molecular complexity index is 202. The lowest BCUT2D eigenvalue weighted by Gasteiger charge is -2.30. The van der Waals surface area contributed by atoms with Crippen molar-refractivity contribution in [2.45, 2.75) is 37.9 Å². The largest absolute Gasteiger partial charge is 0.465 e. The molecule has 4 nitrogen and oxygen atoms in total. The highest BCUT2D eigenvalue weighted by atomic mass is 35.5. The molecule has 0 aromatic rings. The van der Waals surface area contributed by atoms with Crippen LogP contribution in [-0.4, -0.2) is 36.0 Å². The van der Waals surface area contributed by atoms with E-state index in [4.69, 9.17) is 21.1 Å². The summed E-state index contributed by atoms with van der Waals surface area (Å²) in [6, 6.07) is 0. The number of halogens is 1. The lowest BCUT2D eigenvalue weighted by atomic mass is 9.97. The van der Waals surface area contributed by atoms with Crippen LogP contribution in [0.1, 0.15) is 26.2 Å². The van der Waals surface area contributed by atoms with Crippen LogP contribution in [0.15, 0.2) is 0 Å². The fourth-order valence-corrected chi connectivity index (χ4v) is 1.92. The fourth-order valence-electron chi connectivity index (χ4n) is 1.68. The number of ether oxygens (including phenoxy) is 2. The number of esters is 1. The van der Waals surface area contributed by atoms with Gasteiger partial charge in [0.1, 0.15) is 12.2 Å². The maximum Gasteiger partial charge on any atom is 0.302 e. The van der Waals surface area contributed by atoms with Gasteiger partial charge >= 0.3 is 5.97 Å². The van der Waals surface area contributed by atoms with E-state index in [1.54, 1.807) is 0 Å². The summed E-state index contributed by atoms with van der Waals surface area (Å²) in [5, 5.41) is 9.37. The minimum atomic E-state index is -1.03. The molecule has 1 N–H and O–H groups in total. The smallest absolute Gasteiger partial charge is 0.302 e. The summed E-state index contributed by atoms with van der Waals surface area (Å²) in [4.78, 5) is 10.7. The second-order valence-corrected chi connectivity index (χ2v) is 4.19. The van der Waals surface area contributed by atoms with E-state index in [-0.39, 0.29) is 24.6 Å². The van der Waals surface area contributed by atoms with Crippen molar-refractivity contribution in [2.24, 2.45) is 5.92 Å². The Hall–Kier alpha value is -0.320. The van der Waals surface area contributed by atoms with Gasteiger partial charge in [-0.2, -0.15) is 0 Å². The molecule has 3 unspecified atom stereocenters. The summed E-state index contributed by atoms with van der Waals surface area (Å²) in [5.74, 6) is -0.705. The van der Waals surface area contributed by atoms with Gasteiger partial charge in [0, 0.05) is 13.5 Å².